The molecule has 1 saturated carbocycles. The molecule has 0 aromatic carbocycles. The van der Waals surface area contributed by atoms with Crippen molar-refractivity contribution in [2.45, 2.75) is 44.1 Å². The Labute approximate surface area is 109 Å². The molecule has 1 aliphatic heterocycles. The minimum atomic E-state index is -0.385. The monoisotopic (exact) mass is 259 g/mol. The van der Waals surface area contributed by atoms with Crippen molar-refractivity contribution in [3.63, 3.8) is 0 Å². The van der Waals surface area contributed by atoms with Crippen LogP contribution in [-0.2, 0) is 18.9 Å². The third-order valence-electron chi connectivity index (χ3n) is 3.70. The van der Waals surface area contributed by atoms with E-state index in [9.17, 15) is 0 Å². The molecule has 2 atom stereocenters. The van der Waals surface area contributed by atoms with Gasteiger partial charge >= 0.3 is 0 Å². The molecule has 106 valence electrons. The first-order chi connectivity index (χ1) is 8.79. The molecule has 1 spiro atoms. The minimum absolute atomic E-state index is 0.145. The molecule has 2 fully saturated rings. The van der Waals surface area contributed by atoms with Crippen LogP contribution >= 0.6 is 0 Å². The lowest BCUT2D eigenvalue weighted by Crippen LogP contribution is -2.52. The quantitative estimate of drug-likeness (QED) is 0.719. The average Bonchev–Trinajstić information content (AvgIpc) is 2.82. The SMILES string of the molecule is CCNC1CCC2(CC1OCCOC)OCCO2. The first-order valence-corrected chi connectivity index (χ1v) is 6.91. The number of hydrogen-bond acceptors (Lipinski definition) is 5. The summed E-state index contributed by atoms with van der Waals surface area (Å²) >= 11 is 0. The molecule has 18 heavy (non-hydrogen) atoms. The van der Waals surface area contributed by atoms with E-state index in [1.54, 1.807) is 7.11 Å². The molecule has 5 nitrogen and oxygen atoms in total. The predicted molar refractivity (Wildman–Crippen MR) is 67.6 cm³/mol. The number of rotatable bonds is 6. The van der Waals surface area contributed by atoms with Crippen LogP contribution in [0.25, 0.3) is 0 Å². The Bertz CT molecular complexity index is 243. The molecule has 0 amide bonds. The first kappa shape index (κ1) is 14.2. The van der Waals surface area contributed by atoms with Gasteiger partial charge in [0.15, 0.2) is 5.79 Å². The van der Waals surface area contributed by atoms with Crippen molar-refractivity contribution in [2.24, 2.45) is 0 Å². The highest BCUT2D eigenvalue weighted by atomic mass is 16.7. The Morgan fingerprint density at radius 2 is 2.06 bits per heavy atom. The normalized spacial score (nSPS) is 31.0. The van der Waals surface area contributed by atoms with Gasteiger partial charge < -0.3 is 24.3 Å². The van der Waals surface area contributed by atoms with Gasteiger partial charge in [0.05, 0.1) is 32.5 Å². The molecule has 1 saturated heterocycles. The van der Waals surface area contributed by atoms with Crippen LogP contribution in [-0.4, -0.2) is 58.0 Å². The van der Waals surface area contributed by atoms with Crippen molar-refractivity contribution in [1.82, 2.24) is 5.32 Å². The van der Waals surface area contributed by atoms with Gasteiger partial charge in [0.25, 0.3) is 0 Å². The van der Waals surface area contributed by atoms with Crippen LogP contribution < -0.4 is 5.32 Å². The van der Waals surface area contributed by atoms with Crippen molar-refractivity contribution in [3.05, 3.63) is 0 Å². The maximum Gasteiger partial charge on any atom is 0.171 e. The van der Waals surface area contributed by atoms with Crippen LogP contribution in [0.2, 0.25) is 0 Å². The molecule has 0 bridgehead atoms. The second-order valence-corrected chi connectivity index (χ2v) is 4.92. The van der Waals surface area contributed by atoms with E-state index < -0.39 is 0 Å². The summed E-state index contributed by atoms with van der Waals surface area (Å²) in [5.41, 5.74) is 0. The van der Waals surface area contributed by atoms with Crippen molar-refractivity contribution < 1.29 is 18.9 Å². The molecule has 2 aliphatic rings. The predicted octanol–water partition coefficient (Wildman–Crippen LogP) is 0.923. The van der Waals surface area contributed by atoms with E-state index in [0.717, 1.165) is 25.8 Å². The van der Waals surface area contributed by atoms with Crippen molar-refractivity contribution in [3.8, 4) is 0 Å². The largest absolute Gasteiger partial charge is 0.382 e. The number of nitrogens with one attached hydrogen (secondary N) is 1. The zero-order valence-electron chi connectivity index (χ0n) is 11.4. The van der Waals surface area contributed by atoms with Crippen LogP contribution in [0.3, 0.4) is 0 Å². The second kappa shape index (κ2) is 6.82. The Balaban J connectivity index is 1.89. The molecule has 0 radical (unpaired) electrons. The summed E-state index contributed by atoms with van der Waals surface area (Å²) in [5.74, 6) is -0.385. The van der Waals surface area contributed by atoms with Crippen LogP contribution in [0.5, 0.6) is 0 Å². The van der Waals surface area contributed by atoms with Gasteiger partial charge in [0.2, 0.25) is 0 Å². The van der Waals surface area contributed by atoms with Crippen LogP contribution in [0.15, 0.2) is 0 Å². The van der Waals surface area contributed by atoms with E-state index in [-0.39, 0.29) is 11.9 Å². The summed E-state index contributed by atoms with van der Waals surface area (Å²) in [6, 6.07) is 0.394. The van der Waals surface area contributed by atoms with Gasteiger partial charge in [-0.25, -0.2) is 0 Å². The molecule has 0 aromatic heterocycles. The van der Waals surface area contributed by atoms with Gasteiger partial charge in [-0.05, 0) is 13.0 Å². The molecule has 2 rings (SSSR count). The summed E-state index contributed by atoms with van der Waals surface area (Å²) < 4.78 is 22.5. The highest BCUT2D eigenvalue weighted by molar-refractivity contribution is 4.92. The number of likely N-dealkylation sites (N-methyl/N-ethyl adjacent to an activating group) is 1. The molecule has 1 N–H and O–H groups in total. The molecule has 1 aliphatic carbocycles. The molecular weight excluding hydrogens is 234 g/mol. The van der Waals surface area contributed by atoms with E-state index in [4.69, 9.17) is 18.9 Å². The molecular formula is C13H25NO4. The van der Waals surface area contributed by atoms with Crippen molar-refractivity contribution >= 4 is 0 Å². The highest BCUT2D eigenvalue weighted by Crippen LogP contribution is 2.37. The number of methoxy groups -OCH3 is 1. The van der Waals surface area contributed by atoms with Crippen molar-refractivity contribution in [2.75, 3.05) is 40.1 Å². The fourth-order valence-electron chi connectivity index (χ4n) is 2.82. The lowest BCUT2D eigenvalue weighted by molar-refractivity contribution is -0.207. The third kappa shape index (κ3) is 3.42. The van der Waals surface area contributed by atoms with E-state index >= 15 is 0 Å². The summed E-state index contributed by atoms with van der Waals surface area (Å²) in [4.78, 5) is 0. The second-order valence-electron chi connectivity index (χ2n) is 4.92. The molecule has 2 unspecified atom stereocenters. The Morgan fingerprint density at radius 3 is 2.72 bits per heavy atom. The van der Waals surface area contributed by atoms with E-state index in [2.05, 4.69) is 12.2 Å². The minimum Gasteiger partial charge on any atom is -0.382 e. The standard InChI is InChI=1S/C13H25NO4/c1-3-14-11-4-5-13(17-8-9-18-13)10-12(11)16-7-6-15-2/h11-12,14H,3-10H2,1-2H3. The summed E-state index contributed by atoms with van der Waals surface area (Å²) in [5, 5.41) is 3.49. The van der Waals surface area contributed by atoms with Gasteiger partial charge in [-0.15, -0.1) is 0 Å². The van der Waals surface area contributed by atoms with Crippen molar-refractivity contribution in [1.29, 1.82) is 0 Å². The summed E-state index contributed by atoms with van der Waals surface area (Å²) in [7, 11) is 1.69. The van der Waals surface area contributed by atoms with Gasteiger partial charge in [-0.1, -0.05) is 6.92 Å². The van der Waals surface area contributed by atoms with E-state index in [1.165, 1.54) is 0 Å². The Hall–Kier alpha value is -0.200. The average molecular weight is 259 g/mol. The van der Waals surface area contributed by atoms with Crippen LogP contribution in [0.1, 0.15) is 26.2 Å². The zero-order valence-corrected chi connectivity index (χ0v) is 11.4. The van der Waals surface area contributed by atoms with E-state index in [1.807, 2.05) is 0 Å². The third-order valence-corrected chi connectivity index (χ3v) is 3.70. The zero-order chi connectivity index (χ0) is 12.8. The van der Waals surface area contributed by atoms with Crippen LogP contribution in [0.4, 0.5) is 0 Å². The highest BCUT2D eigenvalue weighted by Gasteiger charge is 2.45. The number of hydrogen-bond donors (Lipinski definition) is 1. The summed E-state index contributed by atoms with van der Waals surface area (Å²) in [6.45, 7) is 5.75. The lowest BCUT2D eigenvalue weighted by atomic mass is 9.87. The van der Waals surface area contributed by atoms with E-state index in [0.29, 0.717) is 32.5 Å². The van der Waals surface area contributed by atoms with Gasteiger partial charge in [0, 0.05) is 26.0 Å². The lowest BCUT2D eigenvalue weighted by Gasteiger charge is -2.41. The maximum absolute atomic E-state index is 5.93. The maximum atomic E-state index is 5.93. The first-order valence-electron chi connectivity index (χ1n) is 6.91. The summed E-state index contributed by atoms with van der Waals surface area (Å²) in [6.07, 6.45) is 2.95. The molecule has 0 aromatic rings. The van der Waals surface area contributed by atoms with Crippen LogP contribution in [0, 0.1) is 0 Å². The Morgan fingerprint density at radius 1 is 1.28 bits per heavy atom. The fraction of sp³-hybridized carbons (Fsp3) is 1.00. The van der Waals surface area contributed by atoms with Gasteiger partial charge in [0.1, 0.15) is 0 Å². The number of ether oxygens (including phenoxy) is 4. The van der Waals surface area contributed by atoms with Gasteiger partial charge in [-0.3, -0.25) is 0 Å². The molecule has 1 heterocycles. The smallest absolute Gasteiger partial charge is 0.171 e. The topological polar surface area (TPSA) is 49.0 Å². The fourth-order valence-corrected chi connectivity index (χ4v) is 2.82. The Kier molecular flexibility index (Phi) is 5.38. The molecule has 5 heteroatoms. The van der Waals surface area contributed by atoms with Gasteiger partial charge in [-0.2, -0.15) is 0 Å².